The van der Waals surface area contributed by atoms with Gasteiger partial charge in [-0.2, -0.15) is 0 Å². The van der Waals surface area contributed by atoms with E-state index in [0.717, 1.165) is 25.7 Å². The maximum atomic E-state index is 13.6. The van der Waals surface area contributed by atoms with Gasteiger partial charge in [0.05, 0.1) is 17.4 Å². The molecule has 1 aliphatic carbocycles. The standard InChI is InChI=1S/C23H32N4O4/c1-4-9-16(25-19(28)14-15-10-5-6-11-15)20(29)23(24)21(30)26(2)17-12-7-8-13-18(17)27(3)22(23)31/h7-8,12-13,15-16H,4-6,9-11,14,24H2,1-3H3,(H,25,28)/t16-/m0/s1. The number of anilines is 2. The Morgan fingerprint density at radius 3 is 2.10 bits per heavy atom. The number of carbonyl (C=O) groups excluding carboxylic acids is 4. The summed E-state index contributed by atoms with van der Waals surface area (Å²) < 4.78 is 0. The number of nitrogens with one attached hydrogen (secondary N) is 1. The van der Waals surface area contributed by atoms with Crippen LogP contribution in [0.15, 0.2) is 24.3 Å². The maximum absolute atomic E-state index is 13.6. The summed E-state index contributed by atoms with van der Waals surface area (Å²) in [5, 5.41) is 2.77. The molecule has 168 valence electrons. The number of Topliss-reactive ketones (excluding diaryl/α,β-unsaturated/α-hetero) is 1. The average Bonchev–Trinajstić information content (AvgIpc) is 3.26. The summed E-state index contributed by atoms with van der Waals surface area (Å²) in [4.78, 5) is 55.3. The highest BCUT2D eigenvalue weighted by molar-refractivity contribution is 6.36. The molecule has 31 heavy (non-hydrogen) atoms. The van der Waals surface area contributed by atoms with E-state index in [9.17, 15) is 19.2 Å². The number of hydrogen-bond donors (Lipinski definition) is 2. The van der Waals surface area contributed by atoms with Crippen LogP contribution in [0.25, 0.3) is 0 Å². The van der Waals surface area contributed by atoms with Crippen molar-refractivity contribution in [3.8, 4) is 0 Å². The van der Waals surface area contributed by atoms with Crippen LogP contribution in [-0.4, -0.2) is 49.2 Å². The highest BCUT2D eigenvalue weighted by atomic mass is 16.2. The van der Waals surface area contributed by atoms with Gasteiger partial charge in [0.2, 0.25) is 11.4 Å². The van der Waals surface area contributed by atoms with E-state index >= 15 is 0 Å². The third-order valence-corrected chi connectivity index (χ3v) is 6.45. The molecule has 1 aromatic rings. The molecular formula is C23H32N4O4. The van der Waals surface area contributed by atoms with Gasteiger partial charge in [-0.1, -0.05) is 38.3 Å². The van der Waals surface area contributed by atoms with E-state index in [1.54, 1.807) is 24.3 Å². The van der Waals surface area contributed by atoms with E-state index in [1.165, 1.54) is 23.9 Å². The molecule has 8 nitrogen and oxygen atoms in total. The number of amides is 3. The summed E-state index contributed by atoms with van der Waals surface area (Å²) in [6, 6.07) is 5.88. The molecule has 1 aliphatic heterocycles. The summed E-state index contributed by atoms with van der Waals surface area (Å²) in [6.45, 7) is 1.87. The first-order valence-corrected chi connectivity index (χ1v) is 11.0. The molecule has 0 saturated heterocycles. The van der Waals surface area contributed by atoms with Crippen molar-refractivity contribution < 1.29 is 19.2 Å². The molecular weight excluding hydrogens is 396 g/mol. The van der Waals surface area contributed by atoms with Crippen LogP contribution in [0, 0.1) is 5.92 Å². The van der Waals surface area contributed by atoms with Crippen LogP contribution in [-0.2, 0) is 19.2 Å². The number of fused-ring (bicyclic) bond motifs is 1. The van der Waals surface area contributed by atoms with Crippen molar-refractivity contribution in [2.45, 2.75) is 63.5 Å². The van der Waals surface area contributed by atoms with E-state index in [0.29, 0.717) is 36.6 Å². The number of rotatable bonds is 7. The number of benzene rings is 1. The lowest BCUT2D eigenvalue weighted by molar-refractivity contribution is -0.143. The van der Waals surface area contributed by atoms with Crippen molar-refractivity contribution in [3.63, 3.8) is 0 Å². The van der Waals surface area contributed by atoms with E-state index in [1.807, 2.05) is 6.92 Å². The van der Waals surface area contributed by atoms with Crippen LogP contribution in [0.5, 0.6) is 0 Å². The van der Waals surface area contributed by atoms with Gasteiger partial charge < -0.3 is 20.9 Å². The van der Waals surface area contributed by atoms with Crippen LogP contribution in [0.3, 0.4) is 0 Å². The monoisotopic (exact) mass is 428 g/mol. The second-order valence-corrected chi connectivity index (χ2v) is 8.65. The Bertz CT molecular complexity index is 837. The maximum Gasteiger partial charge on any atom is 0.264 e. The Morgan fingerprint density at radius 1 is 1.10 bits per heavy atom. The Labute approximate surface area is 183 Å². The minimum absolute atomic E-state index is 0.235. The number of ketones is 1. The zero-order chi connectivity index (χ0) is 22.8. The number of nitrogens with zero attached hydrogens (tertiary/aromatic N) is 2. The van der Waals surface area contributed by atoms with Gasteiger partial charge in [-0.15, -0.1) is 0 Å². The number of nitrogens with two attached hydrogens (primary N) is 1. The van der Waals surface area contributed by atoms with Crippen LogP contribution < -0.4 is 20.9 Å². The largest absolute Gasteiger partial charge is 0.346 e. The SMILES string of the molecule is CCC[C@H](NC(=O)CC1CCCC1)C(=O)C1(N)C(=O)N(C)c2ccccc2N(C)C1=O. The Hall–Kier alpha value is -2.74. The molecule has 3 amide bonds. The highest BCUT2D eigenvalue weighted by Crippen LogP contribution is 2.34. The lowest BCUT2D eigenvalue weighted by Crippen LogP contribution is -2.70. The number of likely N-dealkylation sites (N-methyl/N-ethyl adjacent to an activating group) is 2. The normalized spacial score (nSPS) is 19.7. The first-order valence-electron chi connectivity index (χ1n) is 11.0. The molecule has 2 aliphatic rings. The lowest BCUT2D eigenvalue weighted by Gasteiger charge is -2.31. The van der Waals surface area contributed by atoms with Gasteiger partial charge in [0.25, 0.3) is 11.8 Å². The van der Waals surface area contributed by atoms with Crippen molar-refractivity contribution in [2.75, 3.05) is 23.9 Å². The fraction of sp³-hybridized carbons (Fsp3) is 0.565. The zero-order valence-electron chi connectivity index (χ0n) is 18.5. The number of para-hydroxylation sites is 2. The van der Waals surface area contributed by atoms with Gasteiger partial charge in [-0.25, -0.2) is 0 Å². The molecule has 1 heterocycles. The topological polar surface area (TPSA) is 113 Å². The summed E-state index contributed by atoms with van der Waals surface area (Å²) in [6.07, 6.45) is 5.47. The zero-order valence-corrected chi connectivity index (χ0v) is 18.5. The van der Waals surface area contributed by atoms with Crippen LogP contribution >= 0.6 is 0 Å². The van der Waals surface area contributed by atoms with Gasteiger partial charge in [0.15, 0.2) is 5.78 Å². The third kappa shape index (κ3) is 4.21. The van der Waals surface area contributed by atoms with E-state index in [-0.39, 0.29) is 5.91 Å². The summed E-state index contributed by atoms with van der Waals surface area (Å²) in [5.41, 5.74) is 4.90. The molecule has 8 heteroatoms. The molecule has 0 radical (unpaired) electrons. The molecule has 0 unspecified atom stereocenters. The number of hydrogen-bond acceptors (Lipinski definition) is 5. The second-order valence-electron chi connectivity index (χ2n) is 8.65. The quantitative estimate of drug-likeness (QED) is 0.643. The fourth-order valence-corrected chi connectivity index (χ4v) is 4.64. The molecule has 1 aromatic carbocycles. The lowest BCUT2D eigenvalue weighted by atomic mass is 9.85. The molecule has 0 spiro atoms. The van der Waals surface area contributed by atoms with Crippen LogP contribution in [0.4, 0.5) is 11.4 Å². The van der Waals surface area contributed by atoms with Gasteiger partial charge >= 0.3 is 0 Å². The molecule has 0 aromatic heterocycles. The van der Waals surface area contributed by atoms with Gasteiger partial charge in [-0.3, -0.25) is 19.2 Å². The first-order chi connectivity index (χ1) is 14.7. The van der Waals surface area contributed by atoms with Crippen LogP contribution in [0.2, 0.25) is 0 Å². The van der Waals surface area contributed by atoms with Crippen molar-refractivity contribution in [3.05, 3.63) is 24.3 Å². The Kier molecular flexibility index (Phi) is 6.79. The van der Waals surface area contributed by atoms with Gasteiger partial charge in [0, 0.05) is 20.5 Å². The average molecular weight is 429 g/mol. The predicted octanol–water partition coefficient (Wildman–Crippen LogP) is 1.76. The summed E-state index contributed by atoms with van der Waals surface area (Å²) >= 11 is 0. The molecule has 1 atom stereocenters. The van der Waals surface area contributed by atoms with Crippen molar-refractivity contribution in [1.82, 2.24) is 5.32 Å². The van der Waals surface area contributed by atoms with Crippen LogP contribution in [0.1, 0.15) is 51.9 Å². The fourth-order valence-electron chi connectivity index (χ4n) is 4.64. The Morgan fingerprint density at radius 2 is 1.61 bits per heavy atom. The Balaban J connectivity index is 1.89. The van der Waals surface area contributed by atoms with Gasteiger partial charge in [-0.05, 0) is 37.3 Å². The molecule has 3 rings (SSSR count). The third-order valence-electron chi connectivity index (χ3n) is 6.45. The van der Waals surface area contributed by atoms with Gasteiger partial charge in [0.1, 0.15) is 0 Å². The summed E-state index contributed by atoms with van der Waals surface area (Å²) in [7, 11) is 2.99. The smallest absolute Gasteiger partial charge is 0.264 e. The molecule has 0 bridgehead atoms. The first kappa shape index (κ1) is 22.9. The summed E-state index contributed by atoms with van der Waals surface area (Å²) in [5.74, 6) is -2.29. The van der Waals surface area contributed by atoms with Crippen molar-refractivity contribution >= 4 is 34.9 Å². The molecule has 1 fully saturated rings. The second kappa shape index (κ2) is 9.18. The van der Waals surface area contributed by atoms with E-state index in [2.05, 4.69) is 5.32 Å². The van der Waals surface area contributed by atoms with Crippen molar-refractivity contribution in [2.24, 2.45) is 11.7 Å². The minimum atomic E-state index is -2.41. The minimum Gasteiger partial charge on any atom is -0.346 e. The number of carbonyl (C=O) groups is 4. The van der Waals surface area contributed by atoms with E-state index < -0.39 is 29.2 Å². The van der Waals surface area contributed by atoms with E-state index in [4.69, 9.17) is 5.73 Å². The highest BCUT2D eigenvalue weighted by Gasteiger charge is 2.56. The van der Waals surface area contributed by atoms with Crippen molar-refractivity contribution in [1.29, 1.82) is 0 Å². The molecule has 3 N–H and O–H groups in total. The predicted molar refractivity (Wildman–Crippen MR) is 119 cm³/mol. The molecule has 1 saturated carbocycles.